The van der Waals surface area contributed by atoms with Crippen molar-refractivity contribution in [3.63, 3.8) is 0 Å². The van der Waals surface area contributed by atoms with Gasteiger partial charge in [0.25, 0.3) is 0 Å². The summed E-state index contributed by atoms with van der Waals surface area (Å²) in [5.74, 6) is -0.423. The maximum atomic E-state index is 11.5. The Hall–Kier alpha value is -2.24. The lowest BCUT2D eigenvalue weighted by molar-refractivity contribution is -0.139. The number of nitrogens with two attached hydrogens (primary N) is 1. The van der Waals surface area contributed by atoms with E-state index in [9.17, 15) is 9.59 Å². The number of nitrogen functional groups attached to an aromatic ring is 1. The normalized spacial score (nSPS) is 9.95. The van der Waals surface area contributed by atoms with Crippen molar-refractivity contribution >= 4 is 28.9 Å². The molecule has 6 nitrogen and oxygen atoms in total. The van der Waals surface area contributed by atoms with Crippen molar-refractivity contribution in [1.82, 2.24) is 0 Å². The second kappa shape index (κ2) is 7.37. The molecule has 1 amide bonds. The van der Waals surface area contributed by atoms with Crippen LogP contribution in [0.15, 0.2) is 18.2 Å². The third-order valence-electron chi connectivity index (χ3n) is 2.93. The largest absolute Gasteiger partial charge is 0.468 e. The summed E-state index contributed by atoms with van der Waals surface area (Å²) in [6, 6.07) is 5.28. The van der Waals surface area contributed by atoms with Gasteiger partial charge in [0.1, 0.15) is 6.54 Å². The molecular formula is C14H21N3O3. The minimum Gasteiger partial charge on any atom is -0.468 e. The summed E-state index contributed by atoms with van der Waals surface area (Å²) in [6.45, 7) is 4.49. The first kappa shape index (κ1) is 15.8. The standard InChI is InChI=1S/C14H21N3O3/c1-4-13(18)16-12-8-10(6-7-11(12)15)17(5-2)9-14(19)20-3/h6-8H,4-5,9,15H2,1-3H3,(H,16,18). The smallest absolute Gasteiger partial charge is 0.325 e. The van der Waals surface area contributed by atoms with Crippen LogP contribution in [0, 0.1) is 0 Å². The first-order valence-electron chi connectivity index (χ1n) is 6.52. The molecule has 20 heavy (non-hydrogen) atoms. The zero-order valence-electron chi connectivity index (χ0n) is 12.1. The zero-order valence-corrected chi connectivity index (χ0v) is 12.1. The molecular weight excluding hydrogens is 258 g/mol. The SMILES string of the molecule is CCC(=O)Nc1cc(N(CC)CC(=O)OC)ccc1N. The molecule has 1 rings (SSSR count). The lowest BCUT2D eigenvalue weighted by Gasteiger charge is -2.22. The van der Waals surface area contributed by atoms with E-state index in [0.717, 1.165) is 5.69 Å². The third kappa shape index (κ3) is 4.15. The average molecular weight is 279 g/mol. The number of methoxy groups -OCH3 is 1. The Morgan fingerprint density at radius 1 is 1.35 bits per heavy atom. The molecule has 0 radical (unpaired) electrons. The van der Waals surface area contributed by atoms with E-state index in [1.807, 2.05) is 17.9 Å². The van der Waals surface area contributed by atoms with Crippen LogP contribution in [0.2, 0.25) is 0 Å². The van der Waals surface area contributed by atoms with Crippen LogP contribution in [0.5, 0.6) is 0 Å². The molecule has 6 heteroatoms. The molecule has 1 aromatic rings. The topological polar surface area (TPSA) is 84.7 Å². The number of ether oxygens (including phenoxy) is 1. The van der Waals surface area contributed by atoms with Gasteiger partial charge in [0.05, 0.1) is 18.5 Å². The van der Waals surface area contributed by atoms with Crippen molar-refractivity contribution in [1.29, 1.82) is 0 Å². The molecule has 0 saturated carbocycles. The number of esters is 1. The van der Waals surface area contributed by atoms with Crippen molar-refractivity contribution in [3.05, 3.63) is 18.2 Å². The van der Waals surface area contributed by atoms with Gasteiger partial charge in [-0.05, 0) is 25.1 Å². The third-order valence-corrected chi connectivity index (χ3v) is 2.93. The summed E-state index contributed by atoms with van der Waals surface area (Å²) in [5, 5.41) is 2.74. The molecule has 0 bridgehead atoms. The summed E-state index contributed by atoms with van der Waals surface area (Å²) < 4.78 is 4.66. The molecule has 0 atom stereocenters. The Labute approximate surface area is 118 Å². The number of amides is 1. The van der Waals surface area contributed by atoms with Crippen LogP contribution in [-0.4, -0.2) is 32.1 Å². The first-order chi connectivity index (χ1) is 9.51. The average Bonchev–Trinajstić information content (AvgIpc) is 2.46. The molecule has 0 aromatic heterocycles. The van der Waals surface area contributed by atoms with Crippen LogP contribution in [0.3, 0.4) is 0 Å². The van der Waals surface area contributed by atoms with E-state index in [-0.39, 0.29) is 18.4 Å². The van der Waals surface area contributed by atoms with Crippen molar-refractivity contribution in [2.24, 2.45) is 0 Å². The molecule has 0 fully saturated rings. The molecule has 0 aliphatic heterocycles. The van der Waals surface area contributed by atoms with Crippen LogP contribution < -0.4 is 16.0 Å². The highest BCUT2D eigenvalue weighted by Crippen LogP contribution is 2.25. The van der Waals surface area contributed by atoms with Crippen molar-refractivity contribution in [2.75, 3.05) is 36.1 Å². The highest BCUT2D eigenvalue weighted by atomic mass is 16.5. The Morgan fingerprint density at radius 3 is 2.60 bits per heavy atom. The molecule has 0 unspecified atom stereocenters. The van der Waals surface area contributed by atoms with E-state index >= 15 is 0 Å². The van der Waals surface area contributed by atoms with E-state index in [1.54, 1.807) is 19.1 Å². The summed E-state index contributed by atoms with van der Waals surface area (Å²) >= 11 is 0. The molecule has 0 saturated heterocycles. The monoisotopic (exact) mass is 279 g/mol. The number of anilines is 3. The number of carbonyl (C=O) groups is 2. The lowest BCUT2D eigenvalue weighted by Crippen LogP contribution is -2.30. The number of nitrogens with zero attached hydrogens (tertiary/aromatic N) is 1. The highest BCUT2D eigenvalue weighted by molar-refractivity contribution is 5.94. The van der Waals surface area contributed by atoms with Gasteiger partial charge in [-0.2, -0.15) is 0 Å². The minimum atomic E-state index is -0.317. The van der Waals surface area contributed by atoms with E-state index in [2.05, 4.69) is 10.1 Å². The predicted octanol–water partition coefficient (Wildman–Crippen LogP) is 1.62. The van der Waals surface area contributed by atoms with E-state index in [0.29, 0.717) is 24.3 Å². The quantitative estimate of drug-likeness (QED) is 0.610. The van der Waals surface area contributed by atoms with Gasteiger partial charge in [0.15, 0.2) is 0 Å². The molecule has 0 aliphatic rings. The van der Waals surface area contributed by atoms with Crippen LogP contribution in [0.4, 0.5) is 17.1 Å². The molecule has 0 heterocycles. The molecule has 110 valence electrons. The van der Waals surface area contributed by atoms with Gasteiger partial charge < -0.3 is 20.7 Å². The second-order valence-corrected chi connectivity index (χ2v) is 4.26. The van der Waals surface area contributed by atoms with Crippen LogP contribution in [-0.2, 0) is 14.3 Å². The first-order valence-corrected chi connectivity index (χ1v) is 6.52. The number of benzene rings is 1. The summed E-state index contributed by atoms with van der Waals surface area (Å²) in [7, 11) is 1.35. The Bertz CT molecular complexity index is 489. The number of nitrogens with one attached hydrogen (secondary N) is 1. The van der Waals surface area contributed by atoms with Gasteiger partial charge in [-0.25, -0.2) is 0 Å². The number of carbonyl (C=O) groups excluding carboxylic acids is 2. The minimum absolute atomic E-state index is 0.107. The summed E-state index contributed by atoms with van der Waals surface area (Å²) in [5.41, 5.74) is 7.68. The maximum absolute atomic E-state index is 11.5. The predicted molar refractivity (Wildman–Crippen MR) is 79.7 cm³/mol. The van der Waals surface area contributed by atoms with Gasteiger partial charge in [-0.15, -0.1) is 0 Å². The fourth-order valence-electron chi connectivity index (χ4n) is 1.69. The van der Waals surface area contributed by atoms with Gasteiger partial charge >= 0.3 is 5.97 Å². The zero-order chi connectivity index (χ0) is 15.1. The Kier molecular flexibility index (Phi) is 5.83. The van der Waals surface area contributed by atoms with E-state index in [4.69, 9.17) is 5.73 Å². The fourth-order valence-corrected chi connectivity index (χ4v) is 1.69. The number of hydrogen-bond acceptors (Lipinski definition) is 5. The van der Waals surface area contributed by atoms with Gasteiger partial charge in [0, 0.05) is 18.7 Å². The Balaban J connectivity index is 2.96. The summed E-state index contributed by atoms with van der Waals surface area (Å²) in [6.07, 6.45) is 0.378. The van der Waals surface area contributed by atoms with Crippen LogP contribution in [0.25, 0.3) is 0 Å². The van der Waals surface area contributed by atoms with Crippen molar-refractivity contribution in [3.8, 4) is 0 Å². The number of hydrogen-bond donors (Lipinski definition) is 2. The molecule has 0 aliphatic carbocycles. The second-order valence-electron chi connectivity index (χ2n) is 4.26. The van der Waals surface area contributed by atoms with Crippen molar-refractivity contribution in [2.45, 2.75) is 20.3 Å². The van der Waals surface area contributed by atoms with Gasteiger partial charge in [-0.3, -0.25) is 9.59 Å². The molecule has 3 N–H and O–H groups in total. The van der Waals surface area contributed by atoms with Crippen molar-refractivity contribution < 1.29 is 14.3 Å². The Morgan fingerprint density at radius 2 is 2.05 bits per heavy atom. The van der Waals surface area contributed by atoms with Crippen LogP contribution in [0.1, 0.15) is 20.3 Å². The van der Waals surface area contributed by atoms with Gasteiger partial charge in [0.2, 0.25) is 5.91 Å². The van der Waals surface area contributed by atoms with E-state index in [1.165, 1.54) is 7.11 Å². The molecule has 1 aromatic carbocycles. The number of rotatable bonds is 6. The number of likely N-dealkylation sites (N-methyl/N-ethyl adjacent to an activating group) is 1. The van der Waals surface area contributed by atoms with Gasteiger partial charge in [-0.1, -0.05) is 6.92 Å². The highest BCUT2D eigenvalue weighted by Gasteiger charge is 2.12. The lowest BCUT2D eigenvalue weighted by atomic mass is 10.2. The fraction of sp³-hybridized carbons (Fsp3) is 0.429. The van der Waals surface area contributed by atoms with E-state index < -0.39 is 0 Å². The maximum Gasteiger partial charge on any atom is 0.325 e. The van der Waals surface area contributed by atoms with Crippen LogP contribution >= 0.6 is 0 Å². The molecule has 0 spiro atoms. The summed E-state index contributed by atoms with van der Waals surface area (Å²) in [4.78, 5) is 24.7.